The van der Waals surface area contributed by atoms with E-state index < -0.39 is 11.7 Å². The number of hydrogen-bond donors (Lipinski definition) is 2. The molecular weight excluding hydrogens is 287 g/mol. The molecule has 0 radical (unpaired) electrons. The normalized spacial score (nSPS) is 11.1. The topological polar surface area (TPSA) is 72.0 Å². The SMILES string of the molecule is CNc1nc(Nc2ccccc2C(F)(F)F)nc(OC)n1. The van der Waals surface area contributed by atoms with Gasteiger partial charge in [0, 0.05) is 7.05 Å². The lowest BCUT2D eigenvalue weighted by atomic mass is 10.1. The Balaban J connectivity index is 2.39. The van der Waals surface area contributed by atoms with Crippen LogP contribution in [0.4, 0.5) is 30.8 Å². The number of nitrogens with zero attached hydrogens (tertiary/aromatic N) is 3. The summed E-state index contributed by atoms with van der Waals surface area (Å²) < 4.78 is 43.6. The van der Waals surface area contributed by atoms with Crippen molar-refractivity contribution in [3.63, 3.8) is 0 Å². The second kappa shape index (κ2) is 5.81. The molecular formula is C12H12F3N5O. The zero-order valence-electron chi connectivity index (χ0n) is 11.2. The van der Waals surface area contributed by atoms with Gasteiger partial charge in [0.1, 0.15) is 0 Å². The van der Waals surface area contributed by atoms with E-state index in [1.165, 1.54) is 25.3 Å². The zero-order valence-corrected chi connectivity index (χ0v) is 11.2. The molecule has 0 saturated carbocycles. The van der Waals surface area contributed by atoms with E-state index in [-0.39, 0.29) is 23.6 Å². The van der Waals surface area contributed by atoms with Crippen LogP contribution in [0.25, 0.3) is 0 Å². The van der Waals surface area contributed by atoms with Gasteiger partial charge in [-0.2, -0.15) is 28.1 Å². The summed E-state index contributed by atoms with van der Waals surface area (Å²) in [5, 5.41) is 5.19. The molecule has 0 aliphatic heterocycles. The number of halogens is 3. The molecule has 0 amide bonds. The fraction of sp³-hybridized carbons (Fsp3) is 0.250. The number of nitrogens with one attached hydrogen (secondary N) is 2. The van der Waals surface area contributed by atoms with Crippen molar-refractivity contribution in [2.45, 2.75) is 6.18 Å². The van der Waals surface area contributed by atoms with E-state index in [0.29, 0.717) is 0 Å². The van der Waals surface area contributed by atoms with Gasteiger partial charge in [-0.05, 0) is 12.1 Å². The second-order valence-electron chi connectivity index (χ2n) is 3.89. The number of benzene rings is 1. The van der Waals surface area contributed by atoms with Crippen molar-refractivity contribution >= 4 is 17.6 Å². The maximum atomic E-state index is 12.9. The number of aromatic nitrogens is 3. The maximum absolute atomic E-state index is 12.9. The van der Waals surface area contributed by atoms with Gasteiger partial charge in [0.05, 0.1) is 18.4 Å². The Morgan fingerprint density at radius 3 is 2.33 bits per heavy atom. The van der Waals surface area contributed by atoms with E-state index >= 15 is 0 Å². The minimum Gasteiger partial charge on any atom is -0.467 e. The fourth-order valence-electron chi connectivity index (χ4n) is 1.58. The van der Waals surface area contributed by atoms with E-state index in [9.17, 15) is 13.2 Å². The van der Waals surface area contributed by atoms with Crippen LogP contribution in [0.15, 0.2) is 24.3 Å². The Morgan fingerprint density at radius 2 is 1.71 bits per heavy atom. The highest BCUT2D eigenvalue weighted by molar-refractivity contribution is 5.60. The standard InChI is InChI=1S/C12H12F3N5O/c1-16-9-18-10(20-11(19-9)21-2)17-8-6-4-3-5-7(8)12(13,14)15/h3-6H,1-2H3,(H2,16,17,18,19,20). The van der Waals surface area contributed by atoms with Crippen molar-refractivity contribution in [2.75, 3.05) is 24.8 Å². The van der Waals surface area contributed by atoms with Crippen molar-refractivity contribution in [2.24, 2.45) is 0 Å². The van der Waals surface area contributed by atoms with Gasteiger partial charge in [0.25, 0.3) is 0 Å². The summed E-state index contributed by atoms with van der Waals surface area (Å²) >= 11 is 0. The summed E-state index contributed by atoms with van der Waals surface area (Å²) in [6.45, 7) is 0. The Labute approximate surface area is 118 Å². The molecule has 0 fully saturated rings. The Morgan fingerprint density at radius 1 is 1.05 bits per heavy atom. The third-order valence-electron chi connectivity index (χ3n) is 2.50. The van der Waals surface area contributed by atoms with Gasteiger partial charge in [-0.1, -0.05) is 12.1 Å². The molecule has 0 bridgehead atoms. The smallest absolute Gasteiger partial charge is 0.418 e. The highest BCUT2D eigenvalue weighted by atomic mass is 19.4. The van der Waals surface area contributed by atoms with Crippen molar-refractivity contribution < 1.29 is 17.9 Å². The monoisotopic (exact) mass is 299 g/mol. The molecule has 112 valence electrons. The third kappa shape index (κ3) is 3.50. The first-order valence-electron chi connectivity index (χ1n) is 5.85. The molecule has 9 heteroatoms. The van der Waals surface area contributed by atoms with Crippen LogP contribution in [-0.2, 0) is 6.18 Å². The van der Waals surface area contributed by atoms with E-state index in [1.54, 1.807) is 7.05 Å². The number of para-hydroxylation sites is 1. The van der Waals surface area contributed by atoms with Crippen LogP contribution in [0.2, 0.25) is 0 Å². The summed E-state index contributed by atoms with van der Waals surface area (Å²) in [6, 6.07) is 5.04. The molecule has 0 aliphatic carbocycles. The summed E-state index contributed by atoms with van der Waals surface area (Å²) in [6.07, 6.45) is -4.48. The molecule has 0 saturated heterocycles. The minimum atomic E-state index is -4.48. The molecule has 1 heterocycles. The molecule has 0 spiro atoms. The Hall–Kier alpha value is -2.58. The Kier molecular flexibility index (Phi) is 4.10. The molecule has 1 aromatic heterocycles. The summed E-state index contributed by atoms with van der Waals surface area (Å²) in [5.74, 6) is 0.122. The van der Waals surface area contributed by atoms with Crippen molar-refractivity contribution in [3.8, 4) is 6.01 Å². The molecule has 2 aromatic rings. The lowest BCUT2D eigenvalue weighted by Crippen LogP contribution is -2.11. The summed E-state index contributed by atoms with van der Waals surface area (Å²) in [7, 11) is 2.92. The lowest BCUT2D eigenvalue weighted by molar-refractivity contribution is -0.136. The van der Waals surface area contributed by atoms with Crippen molar-refractivity contribution in [1.82, 2.24) is 15.0 Å². The van der Waals surface area contributed by atoms with Gasteiger partial charge in [-0.15, -0.1) is 0 Å². The fourth-order valence-corrected chi connectivity index (χ4v) is 1.58. The highest BCUT2D eigenvalue weighted by Gasteiger charge is 2.33. The summed E-state index contributed by atoms with van der Waals surface area (Å²) in [4.78, 5) is 11.6. The van der Waals surface area contributed by atoms with Crippen LogP contribution < -0.4 is 15.4 Å². The molecule has 6 nitrogen and oxygen atoms in total. The average molecular weight is 299 g/mol. The van der Waals surface area contributed by atoms with Gasteiger partial charge < -0.3 is 15.4 Å². The molecule has 2 N–H and O–H groups in total. The summed E-state index contributed by atoms with van der Waals surface area (Å²) in [5.41, 5.74) is -0.962. The quantitative estimate of drug-likeness (QED) is 0.904. The predicted octanol–water partition coefficient (Wildman–Crippen LogP) is 2.68. The van der Waals surface area contributed by atoms with Crippen molar-refractivity contribution in [1.29, 1.82) is 0 Å². The van der Waals surface area contributed by atoms with Gasteiger partial charge in [-0.25, -0.2) is 0 Å². The average Bonchev–Trinajstić information content (AvgIpc) is 2.46. The van der Waals surface area contributed by atoms with Crippen LogP contribution in [0.3, 0.4) is 0 Å². The first kappa shape index (κ1) is 14.8. The molecule has 2 rings (SSSR count). The van der Waals surface area contributed by atoms with Crippen molar-refractivity contribution in [3.05, 3.63) is 29.8 Å². The first-order chi connectivity index (χ1) is 9.94. The third-order valence-corrected chi connectivity index (χ3v) is 2.50. The molecule has 1 aromatic carbocycles. The van der Waals surface area contributed by atoms with Crippen LogP contribution in [0.1, 0.15) is 5.56 Å². The van der Waals surface area contributed by atoms with Crippen LogP contribution in [0.5, 0.6) is 6.01 Å². The van der Waals surface area contributed by atoms with Gasteiger partial charge in [0.15, 0.2) is 0 Å². The van der Waals surface area contributed by atoms with Gasteiger partial charge >= 0.3 is 12.2 Å². The van der Waals surface area contributed by atoms with Gasteiger partial charge in [0.2, 0.25) is 11.9 Å². The van der Waals surface area contributed by atoms with Crippen LogP contribution in [-0.4, -0.2) is 29.1 Å². The number of hydrogen-bond acceptors (Lipinski definition) is 6. The zero-order chi connectivity index (χ0) is 15.5. The molecule has 21 heavy (non-hydrogen) atoms. The van der Waals surface area contributed by atoms with E-state index in [2.05, 4.69) is 25.6 Å². The number of methoxy groups -OCH3 is 1. The molecule has 0 atom stereocenters. The van der Waals surface area contributed by atoms with E-state index in [0.717, 1.165) is 6.07 Å². The van der Waals surface area contributed by atoms with E-state index in [4.69, 9.17) is 4.74 Å². The molecule has 0 aliphatic rings. The van der Waals surface area contributed by atoms with E-state index in [1.807, 2.05) is 0 Å². The maximum Gasteiger partial charge on any atom is 0.418 e. The van der Waals surface area contributed by atoms with Crippen LogP contribution in [0, 0.1) is 0 Å². The second-order valence-corrected chi connectivity index (χ2v) is 3.89. The highest BCUT2D eigenvalue weighted by Crippen LogP contribution is 2.35. The number of ether oxygens (including phenoxy) is 1. The lowest BCUT2D eigenvalue weighted by Gasteiger charge is -2.13. The Bertz CT molecular complexity index is 610. The number of alkyl halides is 3. The van der Waals surface area contributed by atoms with Gasteiger partial charge in [-0.3, -0.25) is 0 Å². The minimum absolute atomic E-state index is 0.0126. The number of anilines is 3. The predicted molar refractivity (Wildman–Crippen MR) is 70.7 cm³/mol. The first-order valence-corrected chi connectivity index (χ1v) is 5.85. The van der Waals surface area contributed by atoms with Crippen LogP contribution >= 0.6 is 0 Å². The molecule has 0 unspecified atom stereocenters. The largest absolute Gasteiger partial charge is 0.467 e. The number of rotatable bonds is 4.